The lowest BCUT2D eigenvalue weighted by atomic mass is 9.62. The van der Waals surface area contributed by atoms with Crippen molar-refractivity contribution in [3.8, 4) is 0 Å². The van der Waals surface area contributed by atoms with Gasteiger partial charge in [0, 0.05) is 5.92 Å². The van der Waals surface area contributed by atoms with Gasteiger partial charge >= 0.3 is 6.18 Å². The average molecular weight is 332 g/mol. The summed E-state index contributed by atoms with van der Waals surface area (Å²) in [4.78, 5) is 24.2. The zero-order chi connectivity index (χ0) is 17.3. The lowest BCUT2D eigenvalue weighted by Crippen LogP contribution is -2.41. The van der Waals surface area contributed by atoms with Crippen molar-refractivity contribution >= 4 is 11.6 Å². The molecule has 0 bridgehead atoms. The quantitative estimate of drug-likeness (QED) is 0.659. The number of Topliss-reactive ketones (excluding diaryl/α,β-unsaturated/α-hetero) is 2. The third-order valence-corrected chi connectivity index (χ3v) is 6.16. The largest absolute Gasteiger partial charge is 0.400 e. The van der Waals surface area contributed by atoms with Crippen LogP contribution in [0.25, 0.3) is 0 Å². The number of carbonyl (C=O) groups is 2. The Morgan fingerprint density at radius 1 is 0.957 bits per heavy atom. The van der Waals surface area contributed by atoms with Crippen LogP contribution in [0.4, 0.5) is 13.2 Å². The van der Waals surface area contributed by atoms with Crippen molar-refractivity contribution in [3.63, 3.8) is 0 Å². The highest BCUT2D eigenvalue weighted by Crippen LogP contribution is 2.49. The Kier molecular flexibility index (Phi) is 5.27. The summed E-state index contributed by atoms with van der Waals surface area (Å²) in [7, 11) is 0. The Morgan fingerprint density at radius 3 is 1.96 bits per heavy atom. The van der Waals surface area contributed by atoms with Crippen LogP contribution in [-0.4, -0.2) is 17.7 Å². The molecule has 132 valence electrons. The zero-order valence-electron chi connectivity index (χ0n) is 14.1. The standard InChI is InChI=1S/C18H27F3O2/c1-16(2,18(19,20)21)15(23)12-14(22)13-6-10-17(11-7-13)8-4-3-5-9-17/h13H,3-12H2,1-2H3. The number of hydrogen-bond donors (Lipinski definition) is 0. The summed E-state index contributed by atoms with van der Waals surface area (Å²) in [6, 6.07) is 0. The minimum absolute atomic E-state index is 0.226. The van der Waals surface area contributed by atoms with E-state index >= 15 is 0 Å². The van der Waals surface area contributed by atoms with Gasteiger partial charge in [0.1, 0.15) is 11.2 Å². The highest BCUT2D eigenvalue weighted by Gasteiger charge is 2.53. The molecule has 0 radical (unpaired) electrons. The number of alkyl halides is 3. The molecule has 0 aromatic carbocycles. The van der Waals surface area contributed by atoms with Crippen molar-refractivity contribution in [1.29, 1.82) is 0 Å². The van der Waals surface area contributed by atoms with Crippen LogP contribution in [0.5, 0.6) is 0 Å². The lowest BCUT2D eigenvalue weighted by Gasteiger charge is -2.42. The summed E-state index contributed by atoms with van der Waals surface area (Å²) in [5, 5.41) is 0. The van der Waals surface area contributed by atoms with Crippen LogP contribution in [0, 0.1) is 16.7 Å². The van der Waals surface area contributed by atoms with Gasteiger partial charge in [-0.25, -0.2) is 0 Å². The molecule has 0 aromatic heterocycles. The summed E-state index contributed by atoms with van der Waals surface area (Å²) < 4.78 is 38.6. The van der Waals surface area contributed by atoms with E-state index in [1.165, 1.54) is 32.1 Å². The maximum atomic E-state index is 12.9. The highest BCUT2D eigenvalue weighted by atomic mass is 19.4. The molecule has 2 fully saturated rings. The number of rotatable bonds is 4. The zero-order valence-corrected chi connectivity index (χ0v) is 14.1. The van der Waals surface area contributed by atoms with Gasteiger partial charge in [-0.3, -0.25) is 9.59 Å². The molecule has 2 saturated carbocycles. The van der Waals surface area contributed by atoms with Gasteiger partial charge in [-0.05, 0) is 57.8 Å². The topological polar surface area (TPSA) is 34.1 Å². The summed E-state index contributed by atoms with van der Waals surface area (Å²) in [6.45, 7) is 1.72. The molecule has 0 heterocycles. The smallest absolute Gasteiger partial charge is 0.299 e. The van der Waals surface area contributed by atoms with Gasteiger partial charge in [-0.1, -0.05) is 19.3 Å². The van der Waals surface area contributed by atoms with Crippen LogP contribution in [0.15, 0.2) is 0 Å². The first-order valence-electron chi connectivity index (χ1n) is 8.70. The molecule has 0 saturated heterocycles. The molecule has 2 aliphatic rings. The van der Waals surface area contributed by atoms with E-state index in [1.807, 2.05) is 0 Å². The van der Waals surface area contributed by atoms with Crippen molar-refractivity contribution in [2.24, 2.45) is 16.7 Å². The van der Waals surface area contributed by atoms with Gasteiger partial charge in [-0.15, -0.1) is 0 Å². The Bertz CT molecular complexity index is 449. The van der Waals surface area contributed by atoms with Crippen LogP contribution in [-0.2, 0) is 9.59 Å². The molecule has 0 unspecified atom stereocenters. The van der Waals surface area contributed by atoms with E-state index in [0.717, 1.165) is 39.5 Å². The molecule has 0 aliphatic heterocycles. The molecule has 0 aromatic rings. The third-order valence-electron chi connectivity index (χ3n) is 6.16. The number of ketones is 2. The first-order valence-corrected chi connectivity index (χ1v) is 8.70. The van der Waals surface area contributed by atoms with E-state index in [-0.39, 0.29) is 11.7 Å². The van der Waals surface area contributed by atoms with E-state index in [2.05, 4.69) is 0 Å². The fraction of sp³-hybridized carbons (Fsp3) is 0.889. The van der Waals surface area contributed by atoms with E-state index in [1.54, 1.807) is 0 Å². The lowest BCUT2D eigenvalue weighted by molar-refractivity contribution is -0.210. The van der Waals surface area contributed by atoms with E-state index < -0.39 is 23.8 Å². The van der Waals surface area contributed by atoms with E-state index in [0.29, 0.717) is 5.41 Å². The van der Waals surface area contributed by atoms with Crippen molar-refractivity contribution in [2.45, 2.75) is 84.2 Å². The maximum absolute atomic E-state index is 12.9. The second-order valence-corrected chi connectivity index (χ2v) is 8.02. The van der Waals surface area contributed by atoms with Crippen molar-refractivity contribution in [3.05, 3.63) is 0 Å². The molecule has 0 atom stereocenters. The highest BCUT2D eigenvalue weighted by molar-refractivity contribution is 6.02. The van der Waals surface area contributed by atoms with Crippen molar-refractivity contribution in [2.75, 3.05) is 0 Å². The molecule has 5 heteroatoms. The number of carbonyl (C=O) groups excluding carboxylic acids is 2. The van der Waals surface area contributed by atoms with Crippen molar-refractivity contribution in [1.82, 2.24) is 0 Å². The SMILES string of the molecule is CC(C)(C(=O)CC(=O)C1CCC2(CCCCC2)CC1)C(F)(F)F. The second kappa shape index (κ2) is 6.56. The monoisotopic (exact) mass is 332 g/mol. The summed E-state index contributed by atoms with van der Waals surface area (Å²) in [5.74, 6) is -1.53. The Balaban J connectivity index is 1.89. The molecule has 1 spiro atoms. The Morgan fingerprint density at radius 2 is 1.48 bits per heavy atom. The van der Waals surface area contributed by atoms with Gasteiger partial charge in [-0.2, -0.15) is 13.2 Å². The van der Waals surface area contributed by atoms with Crippen LogP contribution in [0.2, 0.25) is 0 Å². The number of halogens is 3. The number of hydrogen-bond acceptors (Lipinski definition) is 2. The van der Waals surface area contributed by atoms with E-state index in [9.17, 15) is 22.8 Å². The van der Waals surface area contributed by atoms with Gasteiger partial charge in [0.15, 0.2) is 5.78 Å². The first-order chi connectivity index (χ1) is 10.6. The van der Waals surface area contributed by atoms with Gasteiger partial charge in [0.25, 0.3) is 0 Å². The van der Waals surface area contributed by atoms with Gasteiger partial charge < -0.3 is 0 Å². The second-order valence-electron chi connectivity index (χ2n) is 8.02. The fourth-order valence-corrected chi connectivity index (χ4v) is 4.04. The first kappa shape index (κ1) is 18.5. The molecule has 23 heavy (non-hydrogen) atoms. The minimum atomic E-state index is -4.61. The predicted molar refractivity (Wildman–Crippen MR) is 81.9 cm³/mol. The minimum Gasteiger partial charge on any atom is -0.299 e. The van der Waals surface area contributed by atoms with E-state index in [4.69, 9.17) is 0 Å². The van der Waals surface area contributed by atoms with Crippen LogP contribution in [0.1, 0.15) is 78.1 Å². The predicted octanol–water partition coefficient (Wildman–Crippen LogP) is 5.24. The van der Waals surface area contributed by atoms with Gasteiger partial charge in [0.2, 0.25) is 0 Å². The molecular weight excluding hydrogens is 305 g/mol. The maximum Gasteiger partial charge on any atom is 0.400 e. The molecular formula is C18H27F3O2. The molecule has 2 aliphatic carbocycles. The van der Waals surface area contributed by atoms with Crippen LogP contribution < -0.4 is 0 Å². The summed E-state index contributed by atoms with van der Waals surface area (Å²) >= 11 is 0. The molecule has 0 N–H and O–H groups in total. The summed E-state index contributed by atoms with van der Waals surface area (Å²) in [6.07, 6.45) is 4.46. The van der Waals surface area contributed by atoms with Gasteiger partial charge in [0.05, 0.1) is 6.42 Å². The van der Waals surface area contributed by atoms with Crippen molar-refractivity contribution < 1.29 is 22.8 Å². The van der Waals surface area contributed by atoms with Crippen LogP contribution >= 0.6 is 0 Å². The molecule has 2 nitrogen and oxygen atoms in total. The normalized spacial score (nSPS) is 23.0. The van der Waals surface area contributed by atoms with Crippen LogP contribution in [0.3, 0.4) is 0 Å². The molecule has 0 amide bonds. The average Bonchev–Trinajstić information content (AvgIpc) is 2.47. The summed E-state index contributed by atoms with van der Waals surface area (Å²) in [5.41, 5.74) is -2.08. The fourth-order valence-electron chi connectivity index (χ4n) is 4.04. The Labute approximate surface area is 136 Å². The Hall–Kier alpha value is -0.870. The third kappa shape index (κ3) is 3.97. The molecule has 2 rings (SSSR count).